The standard InChI is InChI=1S/C40H42F6O2/c1-3-5-7-8-26-9-11-28(12-10-26)31-24-36(43)39(37(44)25-31)40(45,46)48-32-17-13-27(14-18-32)29-15-19-33(34(41)22-29)30-16-20-38(35(42)23-30)47-21-6-4-2/h13-20,22-26,28H,3-12,21H2,1-2H3. The lowest BCUT2D eigenvalue weighted by atomic mass is 9.77. The summed E-state index contributed by atoms with van der Waals surface area (Å²) in [5.41, 5.74) is 0.419. The second-order valence-electron chi connectivity index (χ2n) is 12.8. The number of alkyl halides is 2. The Hall–Kier alpha value is -3.94. The minimum absolute atomic E-state index is 0.0666. The van der Waals surface area contributed by atoms with Gasteiger partial charge in [0.1, 0.15) is 28.8 Å². The molecule has 4 aromatic rings. The first-order chi connectivity index (χ1) is 23.1. The third-order valence-corrected chi connectivity index (χ3v) is 9.29. The molecule has 256 valence electrons. The Morgan fingerprint density at radius 2 is 1.27 bits per heavy atom. The van der Waals surface area contributed by atoms with Crippen molar-refractivity contribution in [1.29, 1.82) is 0 Å². The molecule has 0 unspecified atom stereocenters. The second kappa shape index (κ2) is 16.0. The molecule has 0 heterocycles. The monoisotopic (exact) mass is 668 g/mol. The first-order valence-corrected chi connectivity index (χ1v) is 17.0. The third kappa shape index (κ3) is 8.55. The minimum Gasteiger partial charge on any atom is -0.491 e. The molecular formula is C40H42F6O2. The lowest BCUT2D eigenvalue weighted by molar-refractivity contribution is -0.189. The Morgan fingerprint density at radius 1 is 0.646 bits per heavy atom. The maximum Gasteiger partial charge on any atom is 0.432 e. The summed E-state index contributed by atoms with van der Waals surface area (Å²) in [5.74, 6) is -3.56. The van der Waals surface area contributed by atoms with Gasteiger partial charge in [0.05, 0.1) is 6.61 Å². The Balaban J connectivity index is 1.24. The van der Waals surface area contributed by atoms with Gasteiger partial charge in [0, 0.05) is 5.56 Å². The highest BCUT2D eigenvalue weighted by atomic mass is 19.3. The zero-order valence-corrected chi connectivity index (χ0v) is 27.4. The molecule has 1 aliphatic rings. The molecule has 0 aliphatic heterocycles. The molecule has 4 aromatic carbocycles. The molecular weight excluding hydrogens is 626 g/mol. The molecule has 2 nitrogen and oxygen atoms in total. The van der Waals surface area contributed by atoms with E-state index >= 15 is 22.0 Å². The summed E-state index contributed by atoms with van der Waals surface area (Å²) in [5, 5.41) is 0. The van der Waals surface area contributed by atoms with Gasteiger partial charge in [0.2, 0.25) is 0 Å². The van der Waals surface area contributed by atoms with Crippen LogP contribution in [0.3, 0.4) is 0 Å². The highest BCUT2D eigenvalue weighted by molar-refractivity contribution is 5.71. The first kappa shape index (κ1) is 35.4. The molecule has 0 amide bonds. The Bertz CT molecular complexity index is 1640. The van der Waals surface area contributed by atoms with Crippen molar-refractivity contribution in [2.24, 2.45) is 5.92 Å². The molecule has 1 fully saturated rings. The molecule has 1 saturated carbocycles. The Kier molecular flexibility index (Phi) is 11.8. The van der Waals surface area contributed by atoms with Crippen LogP contribution in [0.5, 0.6) is 11.5 Å². The highest BCUT2D eigenvalue weighted by Gasteiger charge is 2.41. The largest absolute Gasteiger partial charge is 0.491 e. The van der Waals surface area contributed by atoms with Crippen molar-refractivity contribution in [3.63, 3.8) is 0 Å². The van der Waals surface area contributed by atoms with Gasteiger partial charge in [-0.25, -0.2) is 17.6 Å². The fraction of sp³-hybridized carbons (Fsp3) is 0.400. The molecule has 5 rings (SSSR count). The van der Waals surface area contributed by atoms with E-state index in [0.29, 0.717) is 34.8 Å². The summed E-state index contributed by atoms with van der Waals surface area (Å²) in [6.45, 7) is 4.55. The van der Waals surface area contributed by atoms with Crippen LogP contribution in [0.25, 0.3) is 22.3 Å². The normalized spacial score (nSPS) is 16.6. The van der Waals surface area contributed by atoms with Crippen LogP contribution >= 0.6 is 0 Å². The van der Waals surface area contributed by atoms with E-state index in [-0.39, 0.29) is 23.0 Å². The van der Waals surface area contributed by atoms with Crippen molar-refractivity contribution in [2.75, 3.05) is 6.61 Å². The smallest absolute Gasteiger partial charge is 0.432 e. The van der Waals surface area contributed by atoms with Crippen LogP contribution in [0.15, 0.2) is 72.8 Å². The highest BCUT2D eigenvalue weighted by Crippen LogP contribution is 2.41. The van der Waals surface area contributed by atoms with Crippen molar-refractivity contribution in [2.45, 2.75) is 90.1 Å². The summed E-state index contributed by atoms with van der Waals surface area (Å²) >= 11 is 0. The lowest BCUT2D eigenvalue weighted by Crippen LogP contribution is -2.25. The predicted molar refractivity (Wildman–Crippen MR) is 177 cm³/mol. The van der Waals surface area contributed by atoms with Gasteiger partial charge in [-0.15, -0.1) is 0 Å². The van der Waals surface area contributed by atoms with Crippen LogP contribution in [0.1, 0.15) is 95.1 Å². The maximum atomic E-state index is 15.2. The van der Waals surface area contributed by atoms with Crippen molar-refractivity contribution in [3.05, 3.63) is 107 Å². The second-order valence-corrected chi connectivity index (χ2v) is 12.8. The zero-order chi connectivity index (χ0) is 34.3. The Labute approximate surface area is 279 Å². The molecule has 1 aliphatic carbocycles. The van der Waals surface area contributed by atoms with E-state index in [1.54, 1.807) is 12.1 Å². The van der Waals surface area contributed by atoms with Crippen molar-refractivity contribution in [1.82, 2.24) is 0 Å². The molecule has 0 spiro atoms. The van der Waals surface area contributed by atoms with E-state index in [1.165, 1.54) is 61.4 Å². The van der Waals surface area contributed by atoms with E-state index in [1.807, 2.05) is 6.92 Å². The summed E-state index contributed by atoms with van der Waals surface area (Å²) in [4.78, 5) is 0. The quantitative estimate of drug-likeness (QED) is 0.0983. The number of rotatable bonds is 14. The van der Waals surface area contributed by atoms with Gasteiger partial charge in [-0.1, -0.05) is 76.3 Å². The van der Waals surface area contributed by atoms with E-state index < -0.39 is 34.9 Å². The molecule has 0 bridgehead atoms. The van der Waals surface area contributed by atoms with Crippen LogP contribution in [0, 0.1) is 29.2 Å². The maximum absolute atomic E-state index is 15.2. The van der Waals surface area contributed by atoms with Gasteiger partial charge in [-0.3, -0.25) is 0 Å². The summed E-state index contributed by atoms with van der Waals surface area (Å²) in [6, 6.07) is 16.0. The molecule has 48 heavy (non-hydrogen) atoms. The van der Waals surface area contributed by atoms with Gasteiger partial charge in [0.15, 0.2) is 11.6 Å². The predicted octanol–water partition coefficient (Wildman–Crippen LogP) is 12.7. The van der Waals surface area contributed by atoms with E-state index in [9.17, 15) is 4.39 Å². The molecule has 0 saturated heterocycles. The minimum atomic E-state index is -4.27. The van der Waals surface area contributed by atoms with Crippen molar-refractivity contribution < 1.29 is 35.8 Å². The molecule has 0 N–H and O–H groups in total. The van der Waals surface area contributed by atoms with E-state index in [2.05, 4.69) is 6.92 Å². The summed E-state index contributed by atoms with van der Waals surface area (Å²) < 4.78 is 100. The topological polar surface area (TPSA) is 18.5 Å². The molecule has 8 heteroatoms. The number of halogens is 6. The van der Waals surface area contributed by atoms with Crippen molar-refractivity contribution >= 4 is 0 Å². The van der Waals surface area contributed by atoms with E-state index in [0.717, 1.165) is 63.5 Å². The van der Waals surface area contributed by atoms with Crippen LogP contribution in [-0.4, -0.2) is 6.61 Å². The molecule has 0 atom stereocenters. The van der Waals surface area contributed by atoms with Crippen LogP contribution in [0.2, 0.25) is 0 Å². The van der Waals surface area contributed by atoms with Crippen molar-refractivity contribution in [3.8, 4) is 33.8 Å². The Morgan fingerprint density at radius 3 is 1.90 bits per heavy atom. The average Bonchev–Trinajstić information content (AvgIpc) is 3.05. The SMILES string of the molecule is CCCCCC1CCC(c2cc(F)c(C(F)(F)Oc3ccc(-c4ccc(-c5ccc(OCCCC)c(F)c5)c(F)c4)cc3)c(F)c2)CC1. The molecule has 0 aromatic heterocycles. The van der Waals surface area contributed by atoms with Gasteiger partial charge in [-0.2, -0.15) is 8.78 Å². The van der Waals surface area contributed by atoms with Crippen LogP contribution < -0.4 is 9.47 Å². The number of ether oxygens (including phenoxy) is 2. The molecule has 0 radical (unpaired) electrons. The first-order valence-electron chi connectivity index (χ1n) is 17.0. The van der Waals surface area contributed by atoms with Gasteiger partial charge < -0.3 is 9.47 Å². The average molecular weight is 669 g/mol. The number of hydrogen-bond acceptors (Lipinski definition) is 2. The van der Waals surface area contributed by atoms with Crippen LogP contribution in [0.4, 0.5) is 26.3 Å². The van der Waals surface area contributed by atoms with Gasteiger partial charge in [0.25, 0.3) is 0 Å². The summed E-state index contributed by atoms with van der Waals surface area (Å²) in [6.07, 6.45) is 5.61. The fourth-order valence-electron chi connectivity index (χ4n) is 6.53. The summed E-state index contributed by atoms with van der Waals surface area (Å²) in [7, 11) is 0. The lowest BCUT2D eigenvalue weighted by Gasteiger charge is -2.29. The number of benzene rings is 4. The number of unbranched alkanes of at least 4 members (excludes halogenated alkanes) is 3. The number of hydrogen-bond donors (Lipinski definition) is 0. The van der Waals surface area contributed by atoms with E-state index in [4.69, 9.17) is 9.47 Å². The fourth-order valence-corrected chi connectivity index (χ4v) is 6.53. The third-order valence-electron chi connectivity index (χ3n) is 9.29. The van der Waals surface area contributed by atoms with Crippen LogP contribution in [-0.2, 0) is 6.11 Å². The van der Waals surface area contributed by atoms with Gasteiger partial charge in [-0.05, 0) is 109 Å². The van der Waals surface area contributed by atoms with Gasteiger partial charge >= 0.3 is 6.11 Å². The zero-order valence-electron chi connectivity index (χ0n) is 27.4.